The molecular formula is C12H16BrNO4S. The molecule has 0 aromatic heterocycles. The lowest BCUT2D eigenvalue weighted by molar-refractivity contribution is 0.101. The minimum absolute atomic E-state index is 0.0405. The minimum atomic E-state index is -3.01. The van der Waals surface area contributed by atoms with Crippen molar-refractivity contribution in [3.8, 4) is 5.75 Å². The zero-order chi connectivity index (χ0) is 14.6. The Morgan fingerprint density at radius 3 is 2.58 bits per heavy atom. The summed E-state index contributed by atoms with van der Waals surface area (Å²) < 4.78 is 28.1. The van der Waals surface area contributed by atoms with Gasteiger partial charge in [-0.25, -0.2) is 8.42 Å². The van der Waals surface area contributed by atoms with Crippen LogP contribution in [0.1, 0.15) is 23.7 Å². The number of carbonyl (C=O) groups is 1. The predicted octanol–water partition coefficient (Wildman–Crippen LogP) is 2.05. The van der Waals surface area contributed by atoms with Gasteiger partial charge in [-0.05, 0) is 25.5 Å². The third kappa shape index (κ3) is 5.20. The van der Waals surface area contributed by atoms with Gasteiger partial charge < -0.3 is 10.5 Å². The van der Waals surface area contributed by atoms with E-state index in [1.807, 2.05) is 0 Å². The van der Waals surface area contributed by atoms with Crippen LogP contribution in [0.25, 0.3) is 0 Å². The van der Waals surface area contributed by atoms with Crippen LogP contribution in [0.4, 0.5) is 5.69 Å². The van der Waals surface area contributed by atoms with E-state index >= 15 is 0 Å². The van der Waals surface area contributed by atoms with Gasteiger partial charge in [0, 0.05) is 10.7 Å². The molecule has 106 valence electrons. The highest BCUT2D eigenvalue weighted by atomic mass is 79.9. The Kier molecular flexibility index (Phi) is 5.37. The predicted molar refractivity (Wildman–Crippen MR) is 78.4 cm³/mol. The van der Waals surface area contributed by atoms with Crippen LogP contribution in [-0.2, 0) is 9.84 Å². The van der Waals surface area contributed by atoms with Gasteiger partial charge in [0.25, 0.3) is 0 Å². The number of ketones is 1. The summed E-state index contributed by atoms with van der Waals surface area (Å²) in [5.41, 5.74) is 6.53. The third-order valence-corrected chi connectivity index (χ3v) is 3.86. The fourth-order valence-corrected chi connectivity index (χ4v) is 2.65. The fraction of sp³-hybridized carbons (Fsp3) is 0.417. The summed E-state index contributed by atoms with van der Waals surface area (Å²) in [5.74, 6) is 0.189. The van der Waals surface area contributed by atoms with E-state index in [1.54, 1.807) is 12.1 Å². The van der Waals surface area contributed by atoms with Crippen LogP contribution in [0.5, 0.6) is 5.75 Å². The number of anilines is 1. The summed E-state index contributed by atoms with van der Waals surface area (Å²) in [5, 5.41) is 0. The van der Waals surface area contributed by atoms with E-state index in [4.69, 9.17) is 10.5 Å². The quantitative estimate of drug-likeness (QED) is 0.482. The number of ether oxygens (including phenoxy) is 1. The van der Waals surface area contributed by atoms with E-state index in [1.165, 1.54) is 13.2 Å². The second-order valence-electron chi connectivity index (χ2n) is 4.26. The van der Waals surface area contributed by atoms with Crippen LogP contribution >= 0.6 is 15.9 Å². The normalized spacial score (nSPS) is 11.3. The molecule has 0 unspecified atom stereocenters. The Balaban J connectivity index is 2.80. The SMILES string of the molecule is CC(=O)c1cc(Br)cc(N)c1OCCCS(C)(=O)=O. The van der Waals surface area contributed by atoms with Gasteiger partial charge in [0.1, 0.15) is 9.84 Å². The molecule has 19 heavy (non-hydrogen) atoms. The molecule has 0 aliphatic heterocycles. The van der Waals surface area contributed by atoms with Crippen LogP contribution in [0, 0.1) is 0 Å². The molecule has 0 saturated carbocycles. The molecule has 0 atom stereocenters. The first kappa shape index (κ1) is 16.0. The van der Waals surface area contributed by atoms with E-state index in [2.05, 4.69) is 15.9 Å². The molecular weight excluding hydrogens is 334 g/mol. The molecule has 0 amide bonds. The number of nitrogens with two attached hydrogens (primary N) is 1. The van der Waals surface area contributed by atoms with Crippen molar-refractivity contribution in [3.05, 3.63) is 22.2 Å². The number of benzene rings is 1. The molecule has 1 aromatic rings. The molecule has 0 saturated heterocycles. The Labute approximate surface area is 121 Å². The van der Waals surface area contributed by atoms with Crippen molar-refractivity contribution in [2.24, 2.45) is 0 Å². The zero-order valence-corrected chi connectivity index (χ0v) is 13.2. The fourth-order valence-electron chi connectivity index (χ4n) is 1.53. The maximum absolute atomic E-state index is 11.5. The van der Waals surface area contributed by atoms with Gasteiger partial charge in [-0.15, -0.1) is 0 Å². The maximum Gasteiger partial charge on any atom is 0.163 e. The van der Waals surface area contributed by atoms with Crippen molar-refractivity contribution in [1.82, 2.24) is 0 Å². The summed E-state index contributed by atoms with van der Waals surface area (Å²) in [7, 11) is -3.01. The minimum Gasteiger partial charge on any atom is -0.491 e. The maximum atomic E-state index is 11.5. The standard InChI is InChI=1S/C12H16BrNO4S/c1-8(15)10-6-9(13)7-11(14)12(10)18-4-3-5-19(2,16)17/h6-7H,3-5,14H2,1-2H3. The highest BCUT2D eigenvalue weighted by Gasteiger charge is 2.13. The summed E-state index contributed by atoms with van der Waals surface area (Å²) in [4.78, 5) is 11.5. The highest BCUT2D eigenvalue weighted by molar-refractivity contribution is 9.10. The smallest absolute Gasteiger partial charge is 0.163 e. The van der Waals surface area contributed by atoms with Crippen molar-refractivity contribution >= 4 is 37.2 Å². The number of hydrogen-bond donors (Lipinski definition) is 1. The average molecular weight is 350 g/mol. The molecule has 5 nitrogen and oxygen atoms in total. The van der Waals surface area contributed by atoms with Crippen LogP contribution < -0.4 is 10.5 Å². The monoisotopic (exact) mass is 349 g/mol. The summed E-state index contributed by atoms with van der Waals surface area (Å²) in [6.45, 7) is 1.61. The first-order chi connectivity index (χ1) is 8.70. The van der Waals surface area contributed by atoms with E-state index in [0.29, 0.717) is 27.9 Å². The molecule has 0 heterocycles. The third-order valence-electron chi connectivity index (χ3n) is 2.37. The topological polar surface area (TPSA) is 86.5 Å². The number of hydrogen-bond acceptors (Lipinski definition) is 5. The lowest BCUT2D eigenvalue weighted by Crippen LogP contribution is -2.10. The lowest BCUT2D eigenvalue weighted by Gasteiger charge is -2.12. The number of nitrogen functional groups attached to an aromatic ring is 1. The Hall–Kier alpha value is -1.08. The van der Waals surface area contributed by atoms with Gasteiger partial charge in [0.05, 0.1) is 23.6 Å². The molecule has 0 fully saturated rings. The summed E-state index contributed by atoms with van der Waals surface area (Å²) in [6.07, 6.45) is 1.52. The van der Waals surface area contributed by atoms with Gasteiger partial charge in [-0.2, -0.15) is 0 Å². The molecule has 0 radical (unpaired) electrons. The van der Waals surface area contributed by atoms with Crippen LogP contribution in [0.2, 0.25) is 0 Å². The van der Waals surface area contributed by atoms with E-state index < -0.39 is 9.84 Å². The molecule has 1 rings (SSSR count). The molecule has 1 aromatic carbocycles. The van der Waals surface area contributed by atoms with Gasteiger partial charge in [0.2, 0.25) is 0 Å². The zero-order valence-electron chi connectivity index (χ0n) is 10.8. The van der Waals surface area contributed by atoms with E-state index in [9.17, 15) is 13.2 Å². The van der Waals surface area contributed by atoms with Crippen molar-refractivity contribution in [2.45, 2.75) is 13.3 Å². The molecule has 7 heteroatoms. The average Bonchev–Trinajstić information content (AvgIpc) is 2.24. The van der Waals surface area contributed by atoms with Crippen LogP contribution in [0.3, 0.4) is 0 Å². The second kappa shape index (κ2) is 6.38. The van der Waals surface area contributed by atoms with Gasteiger partial charge >= 0.3 is 0 Å². The lowest BCUT2D eigenvalue weighted by atomic mass is 10.1. The number of Topliss-reactive ketones (excluding diaryl/α,β-unsaturated/α-hetero) is 1. The Morgan fingerprint density at radius 2 is 2.05 bits per heavy atom. The van der Waals surface area contributed by atoms with Crippen molar-refractivity contribution in [2.75, 3.05) is 24.3 Å². The number of rotatable bonds is 6. The largest absolute Gasteiger partial charge is 0.491 e. The van der Waals surface area contributed by atoms with E-state index in [0.717, 1.165) is 0 Å². The van der Waals surface area contributed by atoms with Crippen molar-refractivity contribution in [1.29, 1.82) is 0 Å². The number of carbonyl (C=O) groups excluding carboxylic acids is 1. The Morgan fingerprint density at radius 1 is 1.42 bits per heavy atom. The molecule has 0 aliphatic rings. The van der Waals surface area contributed by atoms with Crippen LogP contribution in [-0.4, -0.2) is 32.8 Å². The second-order valence-corrected chi connectivity index (χ2v) is 7.44. The van der Waals surface area contributed by atoms with Gasteiger partial charge in [0.15, 0.2) is 11.5 Å². The van der Waals surface area contributed by atoms with Gasteiger partial charge in [-0.1, -0.05) is 15.9 Å². The number of sulfone groups is 1. The van der Waals surface area contributed by atoms with E-state index in [-0.39, 0.29) is 18.1 Å². The first-order valence-electron chi connectivity index (χ1n) is 5.61. The summed E-state index contributed by atoms with van der Waals surface area (Å²) >= 11 is 3.26. The molecule has 2 N–H and O–H groups in total. The molecule has 0 aliphatic carbocycles. The Bertz CT molecular complexity index is 584. The molecule has 0 spiro atoms. The van der Waals surface area contributed by atoms with Crippen molar-refractivity contribution < 1.29 is 17.9 Å². The van der Waals surface area contributed by atoms with Crippen molar-refractivity contribution in [3.63, 3.8) is 0 Å². The van der Waals surface area contributed by atoms with Crippen LogP contribution in [0.15, 0.2) is 16.6 Å². The highest BCUT2D eigenvalue weighted by Crippen LogP contribution is 2.31. The summed E-state index contributed by atoms with van der Waals surface area (Å²) in [6, 6.07) is 3.27. The number of halogens is 1. The van der Waals surface area contributed by atoms with Gasteiger partial charge in [-0.3, -0.25) is 4.79 Å². The first-order valence-corrected chi connectivity index (χ1v) is 8.46. The molecule has 0 bridgehead atoms.